The van der Waals surface area contributed by atoms with Gasteiger partial charge in [0.1, 0.15) is 6.10 Å². The molecule has 2 rings (SSSR count). The number of nitrogens with zero attached hydrogens (tertiary/aromatic N) is 1. The summed E-state index contributed by atoms with van der Waals surface area (Å²) >= 11 is 0. The molecule has 0 aliphatic heterocycles. The van der Waals surface area contributed by atoms with Gasteiger partial charge in [0.15, 0.2) is 0 Å². The van der Waals surface area contributed by atoms with Crippen LogP contribution in [0.5, 0.6) is 0 Å². The predicted octanol–water partition coefficient (Wildman–Crippen LogP) is 3.80. The molecule has 0 bridgehead atoms. The molecular weight excluding hydrogens is 267 g/mol. The molecule has 5 heteroatoms. The summed E-state index contributed by atoms with van der Waals surface area (Å²) in [7, 11) is 0. The second-order valence-electron chi connectivity index (χ2n) is 4.71. The number of aromatic nitrogens is 1. The molecule has 2 nitrogen and oxygen atoms in total. The van der Waals surface area contributed by atoms with Gasteiger partial charge in [0.2, 0.25) is 0 Å². The van der Waals surface area contributed by atoms with Crippen molar-refractivity contribution in [3.63, 3.8) is 0 Å². The Bertz CT molecular complexity index is 603. The highest BCUT2D eigenvalue weighted by Gasteiger charge is 2.31. The van der Waals surface area contributed by atoms with Crippen LogP contribution < -0.4 is 0 Å². The molecule has 0 aliphatic carbocycles. The van der Waals surface area contributed by atoms with Gasteiger partial charge in [0, 0.05) is 11.4 Å². The third kappa shape index (κ3) is 3.17. The minimum atomic E-state index is -4.42. The number of rotatable bonds is 2. The minimum Gasteiger partial charge on any atom is -0.384 e. The molecule has 2 aromatic rings. The van der Waals surface area contributed by atoms with Crippen LogP contribution in [0, 0.1) is 13.8 Å². The van der Waals surface area contributed by atoms with E-state index in [1.807, 2.05) is 0 Å². The normalized spacial score (nSPS) is 13.3. The SMILES string of the molecule is Cc1cc(C(O)c2cccc(C(F)(F)F)c2)cc(C)n1. The average Bonchev–Trinajstić information content (AvgIpc) is 2.36. The van der Waals surface area contributed by atoms with Gasteiger partial charge in [-0.15, -0.1) is 0 Å². The fourth-order valence-corrected chi connectivity index (χ4v) is 2.10. The second kappa shape index (κ2) is 5.25. The quantitative estimate of drug-likeness (QED) is 0.908. The lowest BCUT2D eigenvalue weighted by Gasteiger charge is -2.15. The number of benzene rings is 1. The van der Waals surface area contributed by atoms with Gasteiger partial charge in [0.25, 0.3) is 0 Å². The van der Waals surface area contributed by atoms with E-state index in [1.165, 1.54) is 12.1 Å². The van der Waals surface area contributed by atoms with Crippen LogP contribution in [-0.4, -0.2) is 10.1 Å². The largest absolute Gasteiger partial charge is 0.416 e. The molecule has 0 amide bonds. The number of pyridine rings is 1. The molecule has 0 saturated carbocycles. The Hall–Kier alpha value is -1.88. The van der Waals surface area contributed by atoms with Crippen LogP contribution in [-0.2, 0) is 6.18 Å². The van der Waals surface area contributed by atoms with Crippen molar-refractivity contribution in [2.24, 2.45) is 0 Å². The summed E-state index contributed by atoms with van der Waals surface area (Å²) in [6.45, 7) is 3.55. The molecule has 0 saturated heterocycles. The Morgan fingerprint density at radius 2 is 1.60 bits per heavy atom. The van der Waals surface area contributed by atoms with E-state index in [1.54, 1.807) is 26.0 Å². The van der Waals surface area contributed by atoms with E-state index in [4.69, 9.17) is 0 Å². The van der Waals surface area contributed by atoms with Crippen LogP contribution in [0.3, 0.4) is 0 Å². The molecule has 0 radical (unpaired) electrons. The number of aliphatic hydroxyl groups is 1. The van der Waals surface area contributed by atoms with Gasteiger partial charge < -0.3 is 5.11 Å². The molecule has 106 valence electrons. The van der Waals surface area contributed by atoms with Gasteiger partial charge in [-0.3, -0.25) is 4.98 Å². The number of hydrogen-bond donors (Lipinski definition) is 1. The number of alkyl halides is 3. The van der Waals surface area contributed by atoms with E-state index >= 15 is 0 Å². The topological polar surface area (TPSA) is 33.1 Å². The Morgan fingerprint density at radius 1 is 1.00 bits per heavy atom. The molecule has 1 aromatic heterocycles. The predicted molar refractivity (Wildman–Crippen MR) is 69.2 cm³/mol. The lowest BCUT2D eigenvalue weighted by Crippen LogP contribution is -2.08. The Kier molecular flexibility index (Phi) is 3.81. The molecule has 1 N–H and O–H groups in total. The van der Waals surface area contributed by atoms with Gasteiger partial charge in [-0.1, -0.05) is 12.1 Å². The number of halogens is 3. The fraction of sp³-hybridized carbons (Fsp3) is 0.267. The third-order valence-electron chi connectivity index (χ3n) is 2.95. The lowest BCUT2D eigenvalue weighted by molar-refractivity contribution is -0.137. The lowest BCUT2D eigenvalue weighted by atomic mass is 9.99. The van der Waals surface area contributed by atoms with Gasteiger partial charge in [-0.05, 0) is 49.2 Å². The van der Waals surface area contributed by atoms with Gasteiger partial charge >= 0.3 is 6.18 Å². The molecule has 1 heterocycles. The summed E-state index contributed by atoms with van der Waals surface area (Å²) in [6.07, 6.45) is -5.52. The highest BCUT2D eigenvalue weighted by atomic mass is 19.4. The number of hydrogen-bond acceptors (Lipinski definition) is 2. The van der Waals surface area contributed by atoms with Crippen molar-refractivity contribution in [3.05, 3.63) is 64.5 Å². The third-order valence-corrected chi connectivity index (χ3v) is 2.95. The summed E-state index contributed by atoms with van der Waals surface area (Å²) in [4.78, 5) is 4.18. The number of aliphatic hydroxyl groups excluding tert-OH is 1. The highest BCUT2D eigenvalue weighted by Crippen LogP contribution is 2.32. The molecule has 0 spiro atoms. The van der Waals surface area contributed by atoms with Crippen molar-refractivity contribution in [2.45, 2.75) is 26.1 Å². The zero-order chi connectivity index (χ0) is 14.9. The molecule has 1 atom stereocenters. The summed E-state index contributed by atoms with van der Waals surface area (Å²) in [5.74, 6) is 0. The monoisotopic (exact) mass is 281 g/mol. The number of aryl methyl sites for hydroxylation is 2. The minimum absolute atomic E-state index is 0.213. The highest BCUT2D eigenvalue weighted by molar-refractivity contribution is 5.34. The zero-order valence-electron chi connectivity index (χ0n) is 11.1. The van der Waals surface area contributed by atoms with Crippen molar-refractivity contribution in [2.75, 3.05) is 0 Å². The molecule has 0 aliphatic rings. The van der Waals surface area contributed by atoms with E-state index in [9.17, 15) is 18.3 Å². The Labute approximate surface area is 114 Å². The van der Waals surface area contributed by atoms with E-state index in [2.05, 4.69) is 4.98 Å². The van der Waals surface area contributed by atoms with Crippen LogP contribution in [0.25, 0.3) is 0 Å². The van der Waals surface area contributed by atoms with E-state index in [0.717, 1.165) is 12.1 Å². The summed E-state index contributed by atoms with van der Waals surface area (Å²) in [5.41, 5.74) is 1.41. The zero-order valence-corrected chi connectivity index (χ0v) is 11.1. The van der Waals surface area contributed by atoms with Crippen LogP contribution in [0.15, 0.2) is 36.4 Å². The molecule has 1 unspecified atom stereocenters. The van der Waals surface area contributed by atoms with Gasteiger partial charge in [-0.25, -0.2) is 0 Å². The van der Waals surface area contributed by atoms with Crippen LogP contribution in [0.4, 0.5) is 13.2 Å². The molecule has 20 heavy (non-hydrogen) atoms. The maximum absolute atomic E-state index is 12.7. The van der Waals surface area contributed by atoms with Crippen molar-refractivity contribution < 1.29 is 18.3 Å². The first-order valence-electron chi connectivity index (χ1n) is 6.08. The summed E-state index contributed by atoms with van der Waals surface area (Å²) in [5, 5.41) is 10.2. The summed E-state index contributed by atoms with van der Waals surface area (Å²) in [6, 6.07) is 8.05. The van der Waals surface area contributed by atoms with Crippen molar-refractivity contribution in [1.82, 2.24) is 4.98 Å². The van der Waals surface area contributed by atoms with Crippen molar-refractivity contribution in [1.29, 1.82) is 0 Å². The van der Waals surface area contributed by atoms with Gasteiger partial charge in [-0.2, -0.15) is 13.2 Å². The smallest absolute Gasteiger partial charge is 0.384 e. The van der Waals surface area contributed by atoms with Crippen molar-refractivity contribution >= 4 is 0 Å². The first-order chi connectivity index (χ1) is 9.27. The van der Waals surface area contributed by atoms with E-state index in [0.29, 0.717) is 17.0 Å². The Balaban J connectivity index is 2.40. The maximum atomic E-state index is 12.7. The standard InChI is InChI=1S/C15H14F3NO/c1-9-6-12(7-10(2)19-9)14(20)11-4-3-5-13(8-11)15(16,17)18/h3-8,14,20H,1-2H3. The fourth-order valence-electron chi connectivity index (χ4n) is 2.10. The first kappa shape index (κ1) is 14.5. The average molecular weight is 281 g/mol. The molecule has 0 fully saturated rings. The maximum Gasteiger partial charge on any atom is 0.416 e. The van der Waals surface area contributed by atoms with Crippen LogP contribution >= 0.6 is 0 Å². The van der Waals surface area contributed by atoms with E-state index in [-0.39, 0.29) is 5.56 Å². The first-order valence-corrected chi connectivity index (χ1v) is 6.08. The van der Waals surface area contributed by atoms with Gasteiger partial charge in [0.05, 0.1) is 5.56 Å². The molecular formula is C15H14F3NO. The van der Waals surface area contributed by atoms with Crippen LogP contribution in [0.1, 0.15) is 34.2 Å². The second-order valence-corrected chi connectivity index (χ2v) is 4.71. The van der Waals surface area contributed by atoms with Crippen molar-refractivity contribution in [3.8, 4) is 0 Å². The van der Waals surface area contributed by atoms with Crippen LogP contribution in [0.2, 0.25) is 0 Å². The summed E-state index contributed by atoms with van der Waals surface area (Å²) < 4.78 is 38.0. The molecule has 1 aromatic carbocycles. The van der Waals surface area contributed by atoms with E-state index < -0.39 is 17.8 Å². The Morgan fingerprint density at radius 3 is 2.15 bits per heavy atom.